The van der Waals surface area contributed by atoms with E-state index in [4.69, 9.17) is 4.42 Å². The fourth-order valence-corrected chi connectivity index (χ4v) is 5.72. The smallest absolute Gasteiger partial charge is 0.145 e. The molecule has 186 valence electrons. The molecule has 0 aliphatic heterocycles. The molecule has 7 rings (SSSR count). The average Bonchev–Trinajstić information content (AvgIpc) is 3.51. The van der Waals surface area contributed by atoms with Gasteiger partial charge in [0.15, 0.2) is 0 Å². The second kappa shape index (κ2) is 9.34. The fourth-order valence-electron chi connectivity index (χ4n) is 5.72. The molecule has 2 aromatic heterocycles. The fraction of sp³-hybridized carbons (Fsp3) is 0.0270. The molecule has 0 unspecified atom stereocenters. The number of para-hydroxylation sites is 1. The molecule has 0 saturated carbocycles. The Labute approximate surface area is 227 Å². The number of nitrogens with zero attached hydrogens (tertiary/aromatic N) is 1. The highest BCUT2D eigenvalue weighted by atomic mass is 16.3. The Morgan fingerprint density at radius 1 is 0.667 bits per heavy atom. The van der Waals surface area contributed by atoms with Crippen molar-refractivity contribution in [3.05, 3.63) is 145 Å². The van der Waals surface area contributed by atoms with Gasteiger partial charge < -0.3 is 8.98 Å². The van der Waals surface area contributed by atoms with E-state index >= 15 is 0 Å². The van der Waals surface area contributed by atoms with E-state index in [9.17, 15) is 0 Å². The van der Waals surface area contributed by atoms with Crippen LogP contribution in [-0.4, -0.2) is 4.57 Å². The molecule has 39 heavy (non-hydrogen) atoms. The van der Waals surface area contributed by atoms with E-state index in [0.29, 0.717) is 0 Å². The zero-order valence-electron chi connectivity index (χ0n) is 21.8. The molecule has 0 aliphatic carbocycles. The van der Waals surface area contributed by atoms with Crippen LogP contribution >= 0.6 is 0 Å². The van der Waals surface area contributed by atoms with Crippen LogP contribution in [0.25, 0.3) is 66.9 Å². The number of furan rings is 1. The van der Waals surface area contributed by atoms with Crippen molar-refractivity contribution in [1.29, 1.82) is 0 Å². The SMILES string of the molecule is C=C/C=C\c1c(C)c2c3oc4ccccc4c3ccc2n1-c1cc(-c2ccccc2)cc(-c2ccccc2)c1. The van der Waals surface area contributed by atoms with Crippen LogP contribution in [0, 0.1) is 6.92 Å². The van der Waals surface area contributed by atoms with Crippen molar-refractivity contribution in [2.24, 2.45) is 0 Å². The number of aromatic nitrogens is 1. The van der Waals surface area contributed by atoms with Crippen LogP contribution in [0.3, 0.4) is 0 Å². The van der Waals surface area contributed by atoms with Crippen molar-refractivity contribution < 1.29 is 4.42 Å². The first-order chi connectivity index (χ1) is 19.2. The second-order valence-electron chi connectivity index (χ2n) is 9.88. The van der Waals surface area contributed by atoms with Gasteiger partial charge in [-0.15, -0.1) is 0 Å². The summed E-state index contributed by atoms with van der Waals surface area (Å²) in [6.07, 6.45) is 5.98. The first kappa shape index (κ1) is 23.1. The van der Waals surface area contributed by atoms with Crippen molar-refractivity contribution in [2.75, 3.05) is 0 Å². The zero-order valence-corrected chi connectivity index (χ0v) is 21.8. The van der Waals surface area contributed by atoms with Gasteiger partial charge in [0.25, 0.3) is 0 Å². The van der Waals surface area contributed by atoms with Crippen molar-refractivity contribution >= 4 is 38.9 Å². The summed E-state index contributed by atoms with van der Waals surface area (Å²) in [5.74, 6) is 0. The van der Waals surface area contributed by atoms with Gasteiger partial charge in [-0.3, -0.25) is 0 Å². The molecular formula is C37H27NO. The van der Waals surface area contributed by atoms with Gasteiger partial charge >= 0.3 is 0 Å². The lowest BCUT2D eigenvalue weighted by Gasteiger charge is -2.15. The van der Waals surface area contributed by atoms with E-state index in [1.807, 2.05) is 24.3 Å². The molecule has 0 radical (unpaired) electrons. The highest BCUT2D eigenvalue weighted by Crippen LogP contribution is 2.40. The molecule has 5 aromatic carbocycles. The number of aryl methyl sites for hydroxylation is 1. The monoisotopic (exact) mass is 501 g/mol. The Morgan fingerprint density at radius 3 is 1.97 bits per heavy atom. The zero-order chi connectivity index (χ0) is 26.3. The molecule has 2 heteroatoms. The summed E-state index contributed by atoms with van der Waals surface area (Å²) in [5.41, 5.74) is 11.1. The van der Waals surface area contributed by atoms with Crippen LogP contribution in [0.15, 0.2) is 138 Å². The predicted molar refractivity (Wildman–Crippen MR) is 165 cm³/mol. The Morgan fingerprint density at radius 2 is 1.31 bits per heavy atom. The van der Waals surface area contributed by atoms with Crippen molar-refractivity contribution in [2.45, 2.75) is 6.92 Å². The third-order valence-corrected chi connectivity index (χ3v) is 7.55. The number of benzene rings is 5. The topological polar surface area (TPSA) is 18.1 Å². The highest BCUT2D eigenvalue weighted by Gasteiger charge is 2.20. The van der Waals surface area contributed by atoms with Gasteiger partial charge in [-0.1, -0.05) is 97.6 Å². The van der Waals surface area contributed by atoms with Gasteiger partial charge in [0.1, 0.15) is 11.2 Å². The van der Waals surface area contributed by atoms with E-state index in [2.05, 4.69) is 127 Å². The lowest BCUT2D eigenvalue weighted by molar-refractivity contribution is 0.672. The standard InChI is InChI=1S/C37H27NO/c1-3-4-18-33-25(2)36-34(21-20-32-31-17-11-12-19-35(31)39-37(32)36)38(33)30-23-28(26-13-7-5-8-14-26)22-29(24-30)27-15-9-6-10-16-27/h3-24H,1H2,2H3/b18-4-. The van der Waals surface area contributed by atoms with Crippen molar-refractivity contribution in [3.63, 3.8) is 0 Å². The summed E-state index contributed by atoms with van der Waals surface area (Å²) in [6.45, 7) is 6.12. The molecular weight excluding hydrogens is 474 g/mol. The summed E-state index contributed by atoms with van der Waals surface area (Å²) in [5, 5.41) is 3.42. The first-order valence-electron chi connectivity index (χ1n) is 13.2. The van der Waals surface area contributed by atoms with E-state index < -0.39 is 0 Å². The molecule has 0 bridgehead atoms. The third kappa shape index (κ3) is 3.81. The Hall–Kier alpha value is -5.08. The summed E-state index contributed by atoms with van der Waals surface area (Å²) in [4.78, 5) is 0. The number of allylic oxidation sites excluding steroid dienone is 2. The van der Waals surface area contributed by atoms with E-state index in [-0.39, 0.29) is 0 Å². The Balaban J connectivity index is 1.58. The molecule has 0 atom stereocenters. The Bertz CT molecular complexity index is 1960. The summed E-state index contributed by atoms with van der Waals surface area (Å²) >= 11 is 0. The molecule has 0 N–H and O–H groups in total. The van der Waals surface area contributed by atoms with Crippen LogP contribution < -0.4 is 0 Å². The minimum absolute atomic E-state index is 0.910. The normalized spacial score (nSPS) is 11.7. The number of fused-ring (bicyclic) bond motifs is 5. The maximum atomic E-state index is 6.48. The van der Waals surface area contributed by atoms with Gasteiger partial charge in [0.2, 0.25) is 0 Å². The molecule has 2 nitrogen and oxygen atoms in total. The number of hydrogen-bond acceptors (Lipinski definition) is 1. The average molecular weight is 502 g/mol. The van der Waals surface area contributed by atoms with E-state index in [1.165, 1.54) is 27.8 Å². The van der Waals surface area contributed by atoms with Crippen molar-refractivity contribution in [1.82, 2.24) is 4.57 Å². The molecule has 0 fully saturated rings. The number of hydrogen-bond donors (Lipinski definition) is 0. The van der Waals surface area contributed by atoms with Crippen LogP contribution in [0.2, 0.25) is 0 Å². The molecule has 7 aromatic rings. The summed E-state index contributed by atoms with van der Waals surface area (Å²) in [7, 11) is 0. The molecule has 2 heterocycles. The quantitative estimate of drug-likeness (QED) is 0.215. The van der Waals surface area contributed by atoms with Gasteiger partial charge in [-0.05, 0) is 77.2 Å². The summed E-state index contributed by atoms with van der Waals surface area (Å²) in [6, 6.07) is 40.7. The molecule has 0 amide bonds. The van der Waals surface area contributed by atoms with Gasteiger partial charge in [-0.2, -0.15) is 0 Å². The largest absolute Gasteiger partial charge is 0.455 e. The maximum absolute atomic E-state index is 6.48. The molecule has 0 spiro atoms. The number of rotatable bonds is 5. The minimum atomic E-state index is 0.910. The van der Waals surface area contributed by atoms with E-state index in [0.717, 1.165) is 44.2 Å². The second-order valence-corrected chi connectivity index (χ2v) is 9.88. The predicted octanol–water partition coefficient (Wildman–Crippen LogP) is 10.4. The van der Waals surface area contributed by atoms with Crippen molar-refractivity contribution in [3.8, 4) is 27.9 Å². The van der Waals surface area contributed by atoms with E-state index in [1.54, 1.807) is 0 Å². The summed E-state index contributed by atoms with van der Waals surface area (Å²) < 4.78 is 8.84. The first-order valence-corrected chi connectivity index (χ1v) is 13.2. The molecule has 0 saturated heterocycles. The van der Waals surface area contributed by atoms with Gasteiger partial charge in [0.05, 0.1) is 5.52 Å². The lowest BCUT2D eigenvalue weighted by Crippen LogP contribution is -1.98. The highest BCUT2D eigenvalue weighted by molar-refractivity contribution is 6.16. The van der Waals surface area contributed by atoms with Crippen LogP contribution in [0.1, 0.15) is 11.3 Å². The minimum Gasteiger partial charge on any atom is -0.455 e. The lowest BCUT2D eigenvalue weighted by atomic mass is 9.98. The van der Waals surface area contributed by atoms with Crippen LogP contribution in [-0.2, 0) is 0 Å². The third-order valence-electron chi connectivity index (χ3n) is 7.55. The molecule has 0 aliphatic rings. The maximum Gasteiger partial charge on any atom is 0.145 e. The van der Waals surface area contributed by atoms with Gasteiger partial charge in [0, 0.05) is 27.5 Å². The van der Waals surface area contributed by atoms with Crippen LogP contribution in [0.5, 0.6) is 0 Å². The van der Waals surface area contributed by atoms with Gasteiger partial charge in [-0.25, -0.2) is 0 Å². The van der Waals surface area contributed by atoms with Crippen LogP contribution in [0.4, 0.5) is 0 Å². The Kier molecular flexibility index (Phi) is 5.53.